The fraction of sp³-hybridized carbons (Fsp3) is 0.417. The zero-order valence-corrected chi connectivity index (χ0v) is 11.0. The minimum atomic E-state index is -0.527. The van der Waals surface area contributed by atoms with Crippen molar-refractivity contribution < 1.29 is 14.3 Å². The summed E-state index contributed by atoms with van der Waals surface area (Å²) < 4.78 is 4.64. The molecule has 1 aromatic rings. The molecule has 1 rings (SSSR count). The molecule has 4 N–H and O–H groups in total. The minimum Gasteiger partial charge on any atom is -0.465 e. The van der Waals surface area contributed by atoms with E-state index >= 15 is 0 Å². The van der Waals surface area contributed by atoms with Crippen LogP contribution in [0, 0.1) is 0 Å². The van der Waals surface area contributed by atoms with Gasteiger partial charge in [-0.25, -0.2) is 9.78 Å². The lowest BCUT2D eigenvalue weighted by Crippen LogP contribution is -2.25. The van der Waals surface area contributed by atoms with E-state index in [0.717, 1.165) is 0 Å². The van der Waals surface area contributed by atoms with Gasteiger partial charge in [-0.1, -0.05) is 0 Å². The van der Waals surface area contributed by atoms with Crippen LogP contribution < -0.4 is 16.4 Å². The van der Waals surface area contributed by atoms with Gasteiger partial charge in [-0.2, -0.15) is 0 Å². The van der Waals surface area contributed by atoms with Crippen LogP contribution >= 0.6 is 0 Å². The van der Waals surface area contributed by atoms with Gasteiger partial charge in [0.2, 0.25) is 5.91 Å². The fourth-order valence-electron chi connectivity index (χ4n) is 1.47. The number of nitrogens with one attached hydrogen (secondary N) is 2. The fourth-order valence-corrected chi connectivity index (χ4v) is 1.47. The van der Waals surface area contributed by atoms with E-state index in [1.54, 1.807) is 0 Å². The SMILES string of the molecule is CCNC(=O)CCNc1ncc(N)cc1C(=O)OC. The van der Waals surface area contributed by atoms with Crippen LogP contribution in [0.25, 0.3) is 0 Å². The summed E-state index contributed by atoms with van der Waals surface area (Å²) in [5, 5.41) is 5.60. The Morgan fingerprint density at radius 2 is 2.21 bits per heavy atom. The number of esters is 1. The molecule has 7 heteroatoms. The smallest absolute Gasteiger partial charge is 0.341 e. The highest BCUT2D eigenvalue weighted by Crippen LogP contribution is 2.16. The normalized spacial score (nSPS) is 9.79. The lowest BCUT2D eigenvalue weighted by Gasteiger charge is -2.10. The summed E-state index contributed by atoms with van der Waals surface area (Å²) in [5.74, 6) is -0.240. The number of nitrogen functional groups attached to an aromatic ring is 1. The molecule has 0 spiro atoms. The van der Waals surface area contributed by atoms with E-state index in [0.29, 0.717) is 31.0 Å². The van der Waals surface area contributed by atoms with Crippen molar-refractivity contribution in [3.05, 3.63) is 17.8 Å². The van der Waals surface area contributed by atoms with Crippen LogP contribution in [0.5, 0.6) is 0 Å². The topological polar surface area (TPSA) is 106 Å². The Labute approximate surface area is 111 Å². The maximum absolute atomic E-state index is 11.5. The van der Waals surface area contributed by atoms with Crippen molar-refractivity contribution in [1.82, 2.24) is 10.3 Å². The van der Waals surface area contributed by atoms with Crippen LogP contribution in [0.15, 0.2) is 12.3 Å². The molecule has 0 saturated carbocycles. The van der Waals surface area contributed by atoms with Gasteiger partial charge in [0.25, 0.3) is 0 Å². The van der Waals surface area contributed by atoms with E-state index in [2.05, 4.69) is 20.4 Å². The Balaban J connectivity index is 2.67. The van der Waals surface area contributed by atoms with Gasteiger partial charge in [-0.15, -0.1) is 0 Å². The zero-order chi connectivity index (χ0) is 14.3. The molecular formula is C12H18N4O3. The number of carbonyl (C=O) groups is 2. The van der Waals surface area contributed by atoms with Crippen molar-refractivity contribution in [2.45, 2.75) is 13.3 Å². The van der Waals surface area contributed by atoms with Gasteiger partial charge in [-0.05, 0) is 13.0 Å². The standard InChI is InChI=1S/C12H18N4O3/c1-3-14-10(17)4-5-15-11-9(12(18)19-2)6-8(13)7-16-11/h6-7H,3-5,13H2,1-2H3,(H,14,17)(H,15,16). The Morgan fingerprint density at radius 3 is 2.84 bits per heavy atom. The second kappa shape index (κ2) is 7.20. The molecule has 0 atom stereocenters. The van der Waals surface area contributed by atoms with Crippen molar-refractivity contribution in [3.63, 3.8) is 0 Å². The molecule has 0 radical (unpaired) electrons. The summed E-state index contributed by atoms with van der Waals surface area (Å²) in [6.07, 6.45) is 1.72. The third-order valence-electron chi connectivity index (χ3n) is 2.33. The number of nitrogens with two attached hydrogens (primary N) is 1. The van der Waals surface area contributed by atoms with Crippen molar-refractivity contribution in [1.29, 1.82) is 0 Å². The quantitative estimate of drug-likeness (QED) is 0.643. The Morgan fingerprint density at radius 1 is 1.47 bits per heavy atom. The Hall–Kier alpha value is -2.31. The van der Waals surface area contributed by atoms with E-state index in [9.17, 15) is 9.59 Å². The first-order valence-corrected chi connectivity index (χ1v) is 5.92. The summed E-state index contributed by atoms with van der Waals surface area (Å²) in [7, 11) is 1.28. The molecule has 1 amide bonds. The highest BCUT2D eigenvalue weighted by atomic mass is 16.5. The average molecular weight is 266 g/mol. The second-order valence-electron chi connectivity index (χ2n) is 3.79. The molecule has 7 nitrogen and oxygen atoms in total. The van der Waals surface area contributed by atoms with Crippen LogP contribution in [0.3, 0.4) is 0 Å². The average Bonchev–Trinajstić information content (AvgIpc) is 2.39. The lowest BCUT2D eigenvalue weighted by atomic mass is 10.2. The number of rotatable bonds is 6. The van der Waals surface area contributed by atoms with Gasteiger partial charge in [0, 0.05) is 19.5 Å². The van der Waals surface area contributed by atoms with Gasteiger partial charge < -0.3 is 21.1 Å². The van der Waals surface area contributed by atoms with Crippen molar-refractivity contribution in [2.24, 2.45) is 0 Å². The summed E-state index contributed by atoms with van der Waals surface area (Å²) in [6, 6.07) is 1.48. The third-order valence-corrected chi connectivity index (χ3v) is 2.33. The number of hydrogen-bond donors (Lipinski definition) is 3. The molecular weight excluding hydrogens is 248 g/mol. The van der Waals surface area contributed by atoms with E-state index in [1.807, 2.05) is 6.92 Å². The largest absolute Gasteiger partial charge is 0.465 e. The lowest BCUT2D eigenvalue weighted by molar-refractivity contribution is -0.120. The molecule has 1 aromatic heterocycles. The van der Waals surface area contributed by atoms with Crippen LogP contribution in [0.1, 0.15) is 23.7 Å². The van der Waals surface area contributed by atoms with E-state index in [1.165, 1.54) is 19.4 Å². The maximum atomic E-state index is 11.5. The zero-order valence-electron chi connectivity index (χ0n) is 11.0. The van der Waals surface area contributed by atoms with Gasteiger partial charge in [-0.3, -0.25) is 4.79 Å². The van der Waals surface area contributed by atoms with Gasteiger partial charge in [0.1, 0.15) is 11.4 Å². The molecule has 0 aliphatic heterocycles. The number of anilines is 2. The van der Waals surface area contributed by atoms with Gasteiger partial charge >= 0.3 is 5.97 Å². The molecule has 0 bridgehead atoms. The van der Waals surface area contributed by atoms with Gasteiger partial charge in [0.15, 0.2) is 0 Å². The summed E-state index contributed by atoms with van der Waals surface area (Å²) in [5.41, 5.74) is 6.19. The van der Waals surface area contributed by atoms with Crippen LogP contribution in [0.2, 0.25) is 0 Å². The number of nitrogens with zero attached hydrogens (tertiary/aromatic N) is 1. The summed E-state index contributed by atoms with van der Waals surface area (Å²) in [4.78, 5) is 26.8. The molecule has 0 aromatic carbocycles. The molecule has 104 valence electrons. The van der Waals surface area contributed by atoms with Crippen molar-refractivity contribution in [2.75, 3.05) is 31.2 Å². The number of methoxy groups -OCH3 is 1. The molecule has 1 heterocycles. The van der Waals surface area contributed by atoms with E-state index < -0.39 is 5.97 Å². The number of pyridine rings is 1. The minimum absolute atomic E-state index is 0.0648. The van der Waals surface area contributed by atoms with E-state index in [-0.39, 0.29) is 11.5 Å². The van der Waals surface area contributed by atoms with Crippen LogP contribution in [0.4, 0.5) is 11.5 Å². The first-order chi connectivity index (χ1) is 9.08. The van der Waals surface area contributed by atoms with Crippen LogP contribution in [-0.4, -0.2) is 37.1 Å². The number of ether oxygens (including phenoxy) is 1. The number of amides is 1. The first-order valence-electron chi connectivity index (χ1n) is 5.92. The highest BCUT2D eigenvalue weighted by Gasteiger charge is 2.13. The monoisotopic (exact) mass is 266 g/mol. The number of aromatic nitrogens is 1. The Bertz CT molecular complexity index is 462. The predicted molar refractivity (Wildman–Crippen MR) is 71.8 cm³/mol. The third kappa shape index (κ3) is 4.46. The first kappa shape index (κ1) is 14.7. The van der Waals surface area contributed by atoms with Crippen molar-refractivity contribution in [3.8, 4) is 0 Å². The second-order valence-corrected chi connectivity index (χ2v) is 3.79. The molecule has 0 unspecified atom stereocenters. The highest BCUT2D eigenvalue weighted by molar-refractivity contribution is 5.95. The molecule has 0 aliphatic rings. The molecule has 0 fully saturated rings. The van der Waals surface area contributed by atoms with Gasteiger partial charge in [0.05, 0.1) is 19.0 Å². The summed E-state index contributed by atoms with van der Waals surface area (Å²) >= 11 is 0. The number of carbonyl (C=O) groups excluding carboxylic acids is 2. The predicted octanol–water partition coefficient (Wildman–Crippen LogP) is 0.388. The van der Waals surface area contributed by atoms with Crippen LogP contribution in [-0.2, 0) is 9.53 Å². The molecule has 0 aliphatic carbocycles. The van der Waals surface area contributed by atoms with E-state index in [4.69, 9.17) is 5.73 Å². The number of hydrogen-bond acceptors (Lipinski definition) is 6. The molecule has 0 saturated heterocycles. The van der Waals surface area contributed by atoms with Crippen molar-refractivity contribution >= 4 is 23.4 Å². The maximum Gasteiger partial charge on any atom is 0.341 e. The molecule has 19 heavy (non-hydrogen) atoms. The summed E-state index contributed by atoms with van der Waals surface area (Å²) in [6.45, 7) is 2.81. The Kier molecular flexibility index (Phi) is 5.59.